The molecule has 2 amide bonds. The van der Waals surface area contributed by atoms with E-state index in [1.54, 1.807) is 23.1 Å². The average molecular weight is 503 g/mol. The number of benzene rings is 2. The minimum atomic E-state index is -0.501. The zero-order valence-corrected chi connectivity index (χ0v) is 20.1. The van der Waals surface area contributed by atoms with Crippen molar-refractivity contribution in [2.24, 2.45) is 5.92 Å². The maximum Gasteiger partial charge on any atom is 0.253 e. The SMILES string of the molecule is O=C(NC1CCCC1)C1CCN(C(=O)c2cc(Cl)c3[nH]c(-c4c(F)cccc4Cl)nc3c2)CC1. The van der Waals surface area contributed by atoms with E-state index >= 15 is 0 Å². The molecule has 5 rings (SSSR count). The number of fused-ring (bicyclic) bond motifs is 1. The second-order valence-corrected chi connectivity index (χ2v) is 9.91. The van der Waals surface area contributed by atoms with Crippen molar-refractivity contribution in [3.63, 3.8) is 0 Å². The molecule has 1 saturated carbocycles. The zero-order valence-electron chi connectivity index (χ0n) is 18.5. The lowest BCUT2D eigenvalue weighted by Crippen LogP contribution is -2.44. The summed E-state index contributed by atoms with van der Waals surface area (Å²) in [4.78, 5) is 35.0. The summed E-state index contributed by atoms with van der Waals surface area (Å²) in [6.45, 7) is 1.02. The number of carbonyl (C=O) groups excluding carboxylic acids is 2. The fraction of sp³-hybridized carbons (Fsp3) is 0.400. The van der Waals surface area contributed by atoms with Gasteiger partial charge in [0.25, 0.3) is 5.91 Å². The molecule has 178 valence electrons. The van der Waals surface area contributed by atoms with E-state index in [-0.39, 0.29) is 34.1 Å². The molecule has 2 fully saturated rings. The Morgan fingerprint density at radius 2 is 1.79 bits per heavy atom. The number of likely N-dealkylation sites (tertiary alicyclic amines) is 1. The van der Waals surface area contributed by atoms with Gasteiger partial charge >= 0.3 is 0 Å². The van der Waals surface area contributed by atoms with Gasteiger partial charge in [-0.25, -0.2) is 9.37 Å². The highest BCUT2D eigenvalue weighted by Gasteiger charge is 2.30. The molecule has 34 heavy (non-hydrogen) atoms. The molecule has 9 heteroatoms. The monoisotopic (exact) mass is 502 g/mol. The van der Waals surface area contributed by atoms with E-state index in [2.05, 4.69) is 15.3 Å². The third kappa shape index (κ3) is 4.51. The summed E-state index contributed by atoms with van der Waals surface area (Å²) in [6.07, 6.45) is 5.75. The van der Waals surface area contributed by atoms with Gasteiger partial charge in [0, 0.05) is 30.6 Å². The van der Waals surface area contributed by atoms with Crippen molar-refractivity contribution in [3.05, 3.63) is 51.8 Å². The van der Waals surface area contributed by atoms with Crippen molar-refractivity contribution < 1.29 is 14.0 Å². The Kier molecular flexibility index (Phi) is 6.49. The highest BCUT2D eigenvalue weighted by Crippen LogP contribution is 2.33. The van der Waals surface area contributed by atoms with Gasteiger partial charge in [0.2, 0.25) is 5.91 Å². The highest BCUT2D eigenvalue weighted by molar-refractivity contribution is 6.35. The molecule has 2 aromatic carbocycles. The minimum absolute atomic E-state index is 0.0601. The van der Waals surface area contributed by atoms with Crippen molar-refractivity contribution >= 4 is 46.0 Å². The van der Waals surface area contributed by atoms with Gasteiger partial charge in [-0.2, -0.15) is 0 Å². The topological polar surface area (TPSA) is 78.1 Å². The first-order chi connectivity index (χ1) is 16.4. The van der Waals surface area contributed by atoms with Crippen molar-refractivity contribution in [1.82, 2.24) is 20.2 Å². The Bertz CT molecular complexity index is 1230. The molecule has 2 N–H and O–H groups in total. The van der Waals surface area contributed by atoms with E-state index in [0.717, 1.165) is 12.8 Å². The molecular formula is C25H25Cl2FN4O2. The number of amides is 2. The van der Waals surface area contributed by atoms with Crippen LogP contribution in [0.5, 0.6) is 0 Å². The number of halogens is 3. The van der Waals surface area contributed by atoms with Crippen LogP contribution in [-0.2, 0) is 4.79 Å². The molecule has 6 nitrogen and oxygen atoms in total. The number of nitrogens with zero attached hydrogens (tertiary/aromatic N) is 2. The molecule has 0 spiro atoms. The summed E-state index contributed by atoms with van der Waals surface area (Å²) in [7, 11) is 0. The average Bonchev–Trinajstić information content (AvgIpc) is 3.49. The summed E-state index contributed by atoms with van der Waals surface area (Å²) in [5.41, 5.74) is 1.53. The number of piperidine rings is 1. The molecular weight excluding hydrogens is 478 g/mol. The molecule has 0 atom stereocenters. The van der Waals surface area contributed by atoms with Crippen molar-refractivity contribution in [3.8, 4) is 11.4 Å². The molecule has 2 aliphatic rings. The van der Waals surface area contributed by atoms with E-state index in [1.807, 2.05) is 0 Å². The molecule has 1 aliphatic heterocycles. The Morgan fingerprint density at radius 1 is 1.06 bits per heavy atom. The fourth-order valence-electron chi connectivity index (χ4n) is 4.95. The van der Waals surface area contributed by atoms with E-state index in [0.29, 0.717) is 53.6 Å². The van der Waals surface area contributed by atoms with E-state index in [9.17, 15) is 14.0 Å². The molecule has 0 unspecified atom stereocenters. The minimum Gasteiger partial charge on any atom is -0.353 e. The molecule has 2 heterocycles. The quantitative estimate of drug-likeness (QED) is 0.488. The van der Waals surface area contributed by atoms with Gasteiger partial charge in [-0.3, -0.25) is 9.59 Å². The Balaban J connectivity index is 1.30. The number of hydrogen-bond acceptors (Lipinski definition) is 3. The lowest BCUT2D eigenvalue weighted by atomic mass is 9.95. The van der Waals surface area contributed by atoms with Crippen LogP contribution in [0.3, 0.4) is 0 Å². The predicted octanol–water partition coefficient (Wildman–Crippen LogP) is 5.59. The fourth-order valence-corrected chi connectivity index (χ4v) is 5.47. The van der Waals surface area contributed by atoms with Crippen LogP contribution in [0.2, 0.25) is 10.0 Å². The largest absolute Gasteiger partial charge is 0.353 e. The van der Waals surface area contributed by atoms with Crippen LogP contribution in [0.4, 0.5) is 4.39 Å². The Morgan fingerprint density at radius 3 is 2.50 bits per heavy atom. The van der Waals surface area contributed by atoms with Gasteiger partial charge in [0.05, 0.1) is 26.6 Å². The first-order valence-electron chi connectivity index (χ1n) is 11.6. The summed E-state index contributed by atoms with van der Waals surface area (Å²) in [5.74, 6) is -0.362. The number of aromatic nitrogens is 2. The van der Waals surface area contributed by atoms with Crippen LogP contribution in [-0.4, -0.2) is 45.8 Å². The van der Waals surface area contributed by atoms with E-state index in [4.69, 9.17) is 23.2 Å². The zero-order chi connectivity index (χ0) is 23.8. The summed E-state index contributed by atoms with van der Waals surface area (Å²) >= 11 is 12.6. The van der Waals surface area contributed by atoms with Gasteiger partial charge in [0.15, 0.2) is 0 Å². The van der Waals surface area contributed by atoms with Crippen molar-refractivity contribution in [2.75, 3.05) is 13.1 Å². The van der Waals surface area contributed by atoms with Crippen molar-refractivity contribution in [1.29, 1.82) is 0 Å². The number of imidazole rings is 1. The van der Waals surface area contributed by atoms with Gasteiger partial charge < -0.3 is 15.2 Å². The summed E-state index contributed by atoms with van der Waals surface area (Å²) in [5, 5.41) is 3.71. The van der Waals surface area contributed by atoms with E-state index in [1.165, 1.54) is 25.0 Å². The predicted molar refractivity (Wildman–Crippen MR) is 131 cm³/mol. The molecule has 1 saturated heterocycles. The second kappa shape index (κ2) is 9.55. The van der Waals surface area contributed by atoms with Crippen molar-refractivity contribution in [2.45, 2.75) is 44.6 Å². The normalized spacial score (nSPS) is 17.4. The second-order valence-electron chi connectivity index (χ2n) is 9.09. The molecule has 0 bridgehead atoms. The first kappa shape index (κ1) is 23.1. The van der Waals surface area contributed by atoms with Gasteiger partial charge in [-0.05, 0) is 49.9 Å². The van der Waals surface area contributed by atoms with Gasteiger partial charge in [0.1, 0.15) is 11.6 Å². The maximum absolute atomic E-state index is 14.4. The number of nitrogens with one attached hydrogen (secondary N) is 2. The van der Waals surface area contributed by atoms with Gasteiger partial charge in [-0.15, -0.1) is 0 Å². The van der Waals surface area contributed by atoms with Crippen LogP contribution in [0.1, 0.15) is 48.9 Å². The lowest BCUT2D eigenvalue weighted by molar-refractivity contribution is -0.127. The number of rotatable bonds is 4. The Labute approximate surface area is 206 Å². The summed E-state index contributed by atoms with van der Waals surface area (Å²) < 4.78 is 14.4. The third-order valence-electron chi connectivity index (χ3n) is 6.85. The van der Waals surface area contributed by atoms with E-state index < -0.39 is 5.82 Å². The standard InChI is InChI=1S/C25H25Cl2FN4O2/c26-17-6-3-7-19(28)21(17)23-30-20-13-15(12-18(27)22(20)31-23)25(34)32-10-8-14(9-11-32)24(33)29-16-4-1-2-5-16/h3,6-7,12-14,16H,1-2,4-5,8-11H2,(H,29,33)(H,30,31). The van der Waals surface area contributed by atoms with Gasteiger partial charge in [-0.1, -0.05) is 42.1 Å². The number of hydrogen-bond donors (Lipinski definition) is 2. The smallest absolute Gasteiger partial charge is 0.253 e. The number of aromatic amines is 1. The Hall–Kier alpha value is -2.64. The molecule has 0 radical (unpaired) electrons. The molecule has 1 aromatic heterocycles. The third-order valence-corrected chi connectivity index (χ3v) is 7.46. The highest BCUT2D eigenvalue weighted by atomic mass is 35.5. The van der Waals surface area contributed by atoms with Crippen LogP contribution in [0.25, 0.3) is 22.4 Å². The van der Waals surface area contributed by atoms with Crippen LogP contribution in [0, 0.1) is 11.7 Å². The maximum atomic E-state index is 14.4. The van der Waals surface area contributed by atoms with Crippen LogP contribution in [0.15, 0.2) is 30.3 Å². The molecule has 3 aromatic rings. The van der Waals surface area contributed by atoms with Crippen LogP contribution >= 0.6 is 23.2 Å². The van der Waals surface area contributed by atoms with Crippen LogP contribution < -0.4 is 5.32 Å². The lowest BCUT2D eigenvalue weighted by Gasteiger charge is -2.32. The number of H-pyrrole nitrogens is 1. The number of carbonyl (C=O) groups is 2. The summed E-state index contributed by atoms with van der Waals surface area (Å²) in [6, 6.07) is 7.96. The molecule has 1 aliphatic carbocycles. The first-order valence-corrected chi connectivity index (χ1v) is 12.4.